The molecule has 2 fully saturated rings. The number of hydrogen-bond acceptors (Lipinski definition) is 3. The number of halogens is 2. The second-order valence-corrected chi connectivity index (χ2v) is 8.89. The third-order valence-electron chi connectivity index (χ3n) is 6.08. The summed E-state index contributed by atoms with van der Waals surface area (Å²) >= 11 is 18.3. The highest BCUT2D eigenvalue weighted by molar-refractivity contribution is 7.71. The van der Waals surface area contributed by atoms with Crippen molar-refractivity contribution >= 4 is 35.4 Å². The molecule has 2 heterocycles. The van der Waals surface area contributed by atoms with Gasteiger partial charge >= 0.3 is 0 Å². The van der Waals surface area contributed by atoms with Gasteiger partial charge in [0, 0.05) is 29.7 Å². The lowest BCUT2D eigenvalue weighted by Gasteiger charge is -2.43. The first kappa shape index (κ1) is 19.4. The average Bonchev–Trinajstić information content (AvgIpc) is 2.97. The van der Waals surface area contributed by atoms with Gasteiger partial charge < -0.3 is 4.57 Å². The summed E-state index contributed by atoms with van der Waals surface area (Å²) in [5.74, 6) is 1.67. The molecule has 2 atom stereocenters. The smallest absolute Gasteiger partial charge is 0.199 e. The first-order chi connectivity index (χ1) is 13.1. The number of nitrogens with zero attached hydrogens (tertiary/aromatic N) is 4. The molecule has 4 rings (SSSR count). The van der Waals surface area contributed by atoms with Crippen LogP contribution in [0.4, 0.5) is 0 Å². The summed E-state index contributed by atoms with van der Waals surface area (Å²) in [5, 5.41) is 6.11. The van der Waals surface area contributed by atoms with Crippen molar-refractivity contribution in [3.63, 3.8) is 0 Å². The zero-order valence-corrected chi connectivity index (χ0v) is 18.0. The molecule has 4 nitrogen and oxygen atoms in total. The van der Waals surface area contributed by atoms with Crippen molar-refractivity contribution in [1.82, 2.24) is 19.2 Å². The van der Waals surface area contributed by atoms with Crippen molar-refractivity contribution < 1.29 is 0 Å². The molecular weight excluding hydrogens is 399 g/mol. The molecule has 2 aromatic rings. The Labute approximate surface area is 176 Å². The standard InChI is InChI=1S/C20H26Cl2N4S/c1-2-25-19(16-10-9-15(21)12-17(16)22)23-26(20(25)27)13-24-11-5-7-14-6-3-4-8-18(14)24/h9-10,12,14,18H,2-8,11,13H2,1H3/t14-,18-/m0/s1. The third-order valence-corrected chi connectivity index (χ3v) is 7.06. The van der Waals surface area contributed by atoms with Gasteiger partial charge in [0.1, 0.15) is 0 Å². The van der Waals surface area contributed by atoms with E-state index >= 15 is 0 Å². The summed E-state index contributed by atoms with van der Waals surface area (Å²) < 4.78 is 4.81. The molecule has 0 radical (unpaired) electrons. The van der Waals surface area contributed by atoms with Crippen molar-refractivity contribution in [3.8, 4) is 11.4 Å². The van der Waals surface area contributed by atoms with E-state index in [1.54, 1.807) is 6.07 Å². The van der Waals surface area contributed by atoms with E-state index in [-0.39, 0.29) is 0 Å². The number of hydrogen-bond donors (Lipinski definition) is 0. The lowest BCUT2D eigenvalue weighted by Crippen LogP contribution is -2.47. The first-order valence-corrected chi connectivity index (χ1v) is 11.1. The zero-order chi connectivity index (χ0) is 19.0. The predicted octanol–water partition coefficient (Wildman–Crippen LogP) is 6.02. The van der Waals surface area contributed by atoms with Crippen LogP contribution in [0, 0.1) is 10.7 Å². The Kier molecular flexibility index (Phi) is 5.93. The minimum Gasteiger partial charge on any atom is -0.300 e. The maximum absolute atomic E-state index is 6.45. The molecule has 0 amide bonds. The molecule has 1 aliphatic heterocycles. The minimum absolute atomic E-state index is 0.606. The predicted molar refractivity (Wildman–Crippen MR) is 114 cm³/mol. The van der Waals surface area contributed by atoms with Crippen LogP contribution in [0.15, 0.2) is 18.2 Å². The topological polar surface area (TPSA) is 26.0 Å². The molecule has 1 saturated heterocycles. The lowest BCUT2D eigenvalue weighted by atomic mass is 9.78. The van der Waals surface area contributed by atoms with Crippen LogP contribution >= 0.6 is 35.4 Å². The Morgan fingerprint density at radius 2 is 1.93 bits per heavy atom. The van der Waals surface area contributed by atoms with Gasteiger partial charge in [-0.3, -0.25) is 4.90 Å². The van der Waals surface area contributed by atoms with E-state index in [9.17, 15) is 0 Å². The molecule has 146 valence electrons. The molecule has 0 spiro atoms. The molecule has 1 aromatic heterocycles. The fraction of sp³-hybridized carbons (Fsp3) is 0.600. The van der Waals surface area contributed by atoms with E-state index in [0.717, 1.165) is 41.8 Å². The zero-order valence-electron chi connectivity index (χ0n) is 15.7. The van der Waals surface area contributed by atoms with E-state index in [0.29, 0.717) is 16.1 Å². The number of likely N-dealkylation sites (tertiary alicyclic amines) is 1. The quantitative estimate of drug-likeness (QED) is 0.561. The molecule has 7 heteroatoms. The molecule has 27 heavy (non-hydrogen) atoms. The monoisotopic (exact) mass is 424 g/mol. The van der Waals surface area contributed by atoms with Gasteiger partial charge in [0.2, 0.25) is 0 Å². The van der Waals surface area contributed by atoms with Crippen LogP contribution < -0.4 is 0 Å². The maximum Gasteiger partial charge on any atom is 0.199 e. The average molecular weight is 425 g/mol. The van der Waals surface area contributed by atoms with Gasteiger partial charge in [0.25, 0.3) is 0 Å². The Hall–Kier alpha value is -0.880. The fourth-order valence-corrected chi connectivity index (χ4v) is 5.57. The maximum atomic E-state index is 6.45. The summed E-state index contributed by atoms with van der Waals surface area (Å²) in [7, 11) is 0. The first-order valence-electron chi connectivity index (χ1n) is 9.95. The van der Waals surface area contributed by atoms with E-state index in [1.165, 1.54) is 38.5 Å². The number of rotatable bonds is 4. The SMILES string of the molecule is CCn1c(-c2ccc(Cl)cc2Cl)nn(CN2CCC[C@@H]3CCCC[C@@H]32)c1=S. The second-order valence-electron chi connectivity index (χ2n) is 7.68. The Morgan fingerprint density at radius 1 is 1.15 bits per heavy atom. The Morgan fingerprint density at radius 3 is 2.70 bits per heavy atom. The largest absolute Gasteiger partial charge is 0.300 e. The number of aromatic nitrogens is 3. The highest BCUT2D eigenvalue weighted by Gasteiger charge is 2.33. The van der Waals surface area contributed by atoms with Crippen LogP contribution in [-0.4, -0.2) is 31.8 Å². The molecule has 2 aliphatic rings. The highest BCUT2D eigenvalue weighted by Crippen LogP contribution is 2.36. The minimum atomic E-state index is 0.606. The van der Waals surface area contributed by atoms with Crippen LogP contribution in [0.5, 0.6) is 0 Å². The van der Waals surface area contributed by atoms with Crippen LogP contribution in [-0.2, 0) is 13.2 Å². The summed E-state index contributed by atoms with van der Waals surface area (Å²) in [6, 6.07) is 6.22. The van der Waals surface area contributed by atoms with E-state index in [2.05, 4.69) is 16.4 Å². The van der Waals surface area contributed by atoms with Gasteiger partial charge in [0.15, 0.2) is 10.6 Å². The molecule has 0 unspecified atom stereocenters. The Bertz CT molecular complexity index is 873. The Balaban J connectivity index is 1.66. The second kappa shape index (κ2) is 8.24. The van der Waals surface area contributed by atoms with E-state index < -0.39 is 0 Å². The molecule has 0 N–H and O–H groups in total. The van der Waals surface area contributed by atoms with Crippen LogP contribution in [0.1, 0.15) is 45.4 Å². The molecular formula is C20H26Cl2N4S. The van der Waals surface area contributed by atoms with Gasteiger partial charge in [-0.25, -0.2) is 4.68 Å². The van der Waals surface area contributed by atoms with Crippen molar-refractivity contribution in [2.24, 2.45) is 5.92 Å². The summed E-state index contributed by atoms with van der Waals surface area (Å²) in [5.41, 5.74) is 0.877. The molecule has 1 saturated carbocycles. The van der Waals surface area contributed by atoms with Gasteiger partial charge in [0.05, 0.1) is 11.7 Å². The lowest BCUT2D eigenvalue weighted by molar-refractivity contribution is 0.0323. The highest BCUT2D eigenvalue weighted by atomic mass is 35.5. The van der Waals surface area contributed by atoms with Gasteiger partial charge in [-0.05, 0) is 68.9 Å². The molecule has 1 aromatic carbocycles. The van der Waals surface area contributed by atoms with Crippen LogP contribution in [0.2, 0.25) is 10.0 Å². The van der Waals surface area contributed by atoms with Crippen molar-refractivity contribution in [3.05, 3.63) is 33.0 Å². The van der Waals surface area contributed by atoms with E-state index in [4.69, 9.17) is 40.5 Å². The van der Waals surface area contributed by atoms with Gasteiger partial charge in [-0.15, -0.1) is 0 Å². The third kappa shape index (κ3) is 3.84. The van der Waals surface area contributed by atoms with Crippen molar-refractivity contribution in [2.75, 3.05) is 6.54 Å². The number of benzene rings is 1. The van der Waals surface area contributed by atoms with Crippen molar-refractivity contribution in [1.29, 1.82) is 0 Å². The molecule has 0 bridgehead atoms. The normalized spacial score (nSPS) is 23.4. The van der Waals surface area contributed by atoms with Gasteiger partial charge in [-0.1, -0.05) is 36.0 Å². The number of fused-ring (bicyclic) bond motifs is 1. The van der Waals surface area contributed by atoms with E-state index in [1.807, 2.05) is 16.8 Å². The number of piperidine rings is 1. The van der Waals surface area contributed by atoms with Crippen LogP contribution in [0.3, 0.4) is 0 Å². The van der Waals surface area contributed by atoms with Crippen molar-refractivity contribution in [2.45, 2.75) is 64.7 Å². The summed E-state index contributed by atoms with van der Waals surface area (Å²) in [4.78, 5) is 2.60. The van der Waals surface area contributed by atoms with Gasteiger partial charge in [-0.2, -0.15) is 5.10 Å². The summed E-state index contributed by atoms with van der Waals surface area (Å²) in [6.45, 7) is 4.76. The fourth-order valence-electron chi connectivity index (χ4n) is 4.76. The van der Waals surface area contributed by atoms with Crippen LogP contribution in [0.25, 0.3) is 11.4 Å². The molecule has 1 aliphatic carbocycles. The summed E-state index contributed by atoms with van der Waals surface area (Å²) in [6.07, 6.45) is 8.07.